The van der Waals surface area contributed by atoms with Gasteiger partial charge in [-0.3, -0.25) is 0 Å². The lowest BCUT2D eigenvalue weighted by Crippen LogP contribution is -2.15. The fraction of sp³-hybridized carbons (Fsp3) is 0. The highest BCUT2D eigenvalue weighted by Crippen LogP contribution is 2.53. The minimum absolute atomic E-state index is 0.566. The number of aromatic nitrogens is 3. The van der Waals surface area contributed by atoms with E-state index in [9.17, 15) is 0 Å². The second kappa shape index (κ2) is 11.9. The number of hydrogen-bond acceptors (Lipinski definition) is 5. The molecule has 11 aromatic rings. The number of para-hydroxylation sites is 2. The van der Waals surface area contributed by atoms with Gasteiger partial charge in [-0.1, -0.05) is 146 Å². The summed E-state index contributed by atoms with van der Waals surface area (Å²) in [5.74, 6) is 1.77. The van der Waals surface area contributed by atoms with Crippen molar-refractivity contribution in [1.29, 1.82) is 0 Å². The maximum Gasteiger partial charge on any atom is 0.167 e. The SMILES string of the molecule is c1ccc(-c2nc(-c3ccc4ccc(N5c6c(ccc7ccccc67)-c6cccc7cccc5c67)cc4c3)nc(-c3cccc4c3oc3ccccc34)n2)cc1. The molecule has 1 aliphatic rings. The zero-order chi connectivity index (χ0) is 36.7. The highest BCUT2D eigenvalue weighted by atomic mass is 16.3. The van der Waals surface area contributed by atoms with Crippen molar-refractivity contribution in [3.63, 3.8) is 0 Å². The quantitative estimate of drug-likeness (QED) is 0.182. The first-order valence-corrected chi connectivity index (χ1v) is 18.9. The van der Waals surface area contributed by atoms with Crippen LogP contribution in [0.2, 0.25) is 0 Å². The van der Waals surface area contributed by atoms with Crippen LogP contribution in [-0.4, -0.2) is 15.0 Å². The average molecular weight is 715 g/mol. The maximum atomic E-state index is 6.45. The summed E-state index contributed by atoms with van der Waals surface area (Å²) in [6.07, 6.45) is 0. The molecule has 260 valence electrons. The zero-order valence-electron chi connectivity index (χ0n) is 30.0. The molecule has 0 saturated carbocycles. The summed E-state index contributed by atoms with van der Waals surface area (Å²) in [7, 11) is 0. The van der Waals surface area contributed by atoms with Crippen molar-refractivity contribution in [2.45, 2.75) is 0 Å². The summed E-state index contributed by atoms with van der Waals surface area (Å²) < 4.78 is 6.45. The van der Waals surface area contributed by atoms with Crippen LogP contribution in [0.5, 0.6) is 0 Å². The number of nitrogens with zero attached hydrogens (tertiary/aromatic N) is 4. The van der Waals surface area contributed by atoms with Gasteiger partial charge in [0.25, 0.3) is 0 Å². The highest BCUT2D eigenvalue weighted by molar-refractivity contribution is 6.19. The van der Waals surface area contributed by atoms with Gasteiger partial charge >= 0.3 is 0 Å². The Labute approximate surface area is 321 Å². The van der Waals surface area contributed by atoms with Gasteiger partial charge < -0.3 is 9.32 Å². The van der Waals surface area contributed by atoms with Crippen LogP contribution in [0.15, 0.2) is 186 Å². The van der Waals surface area contributed by atoms with E-state index < -0.39 is 0 Å². The number of fused-ring (bicyclic) bond motifs is 8. The average Bonchev–Trinajstić information content (AvgIpc) is 3.65. The lowest BCUT2D eigenvalue weighted by atomic mass is 9.88. The zero-order valence-corrected chi connectivity index (χ0v) is 30.0. The van der Waals surface area contributed by atoms with E-state index in [4.69, 9.17) is 19.4 Å². The first kappa shape index (κ1) is 30.8. The molecule has 0 aliphatic carbocycles. The fourth-order valence-electron chi connectivity index (χ4n) is 8.61. The number of rotatable bonds is 4. The Morgan fingerprint density at radius 3 is 1.98 bits per heavy atom. The number of benzene rings is 9. The van der Waals surface area contributed by atoms with Crippen molar-refractivity contribution in [2.75, 3.05) is 4.90 Å². The van der Waals surface area contributed by atoms with E-state index in [1.807, 2.05) is 60.7 Å². The van der Waals surface area contributed by atoms with Crippen LogP contribution in [0.3, 0.4) is 0 Å². The molecule has 5 nitrogen and oxygen atoms in total. The second-order valence-corrected chi connectivity index (χ2v) is 14.4. The van der Waals surface area contributed by atoms with E-state index in [-0.39, 0.29) is 0 Å². The minimum atomic E-state index is 0.566. The Hall–Kier alpha value is -7.63. The van der Waals surface area contributed by atoms with Crippen LogP contribution in [-0.2, 0) is 0 Å². The first-order chi connectivity index (χ1) is 27.7. The predicted octanol–water partition coefficient (Wildman–Crippen LogP) is 13.7. The van der Waals surface area contributed by atoms with Crippen molar-refractivity contribution < 1.29 is 4.42 Å². The molecule has 2 aromatic heterocycles. The maximum absolute atomic E-state index is 6.45. The summed E-state index contributed by atoms with van der Waals surface area (Å²) in [4.78, 5) is 17.8. The highest BCUT2D eigenvalue weighted by Gasteiger charge is 2.28. The van der Waals surface area contributed by atoms with Gasteiger partial charge in [0.2, 0.25) is 0 Å². The van der Waals surface area contributed by atoms with E-state index in [1.54, 1.807) is 0 Å². The summed E-state index contributed by atoms with van der Waals surface area (Å²) >= 11 is 0. The standard InChI is InChI=1S/C51H30N4O/c1-2-12-34(13-3-1)49-52-50(54-51(53-49)43-20-10-19-42-39-17-6-7-22-45(39)56-48(42)43)35-24-23-31-25-27-37(30-36(31)29-35)55-44-21-9-15-33-14-8-18-40(46(33)44)41-28-26-32-11-4-5-16-38(32)47(41)55/h1-30H. The molecule has 0 fully saturated rings. The molecule has 3 heterocycles. The van der Waals surface area contributed by atoms with Gasteiger partial charge in [0.1, 0.15) is 11.2 Å². The van der Waals surface area contributed by atoms with Gasteiger partial charge in [-0.2, -0.15) is 0 Å². The van der Waals surface area contributed by atoms with Gasteiger partial charge in [0.05, 0.1) is 16.9 Å². The molecule has 0 atom stereocenters. The molecule has 0 bridgehead atoms. The van der Waals surface area contributed by atoms with Crippen LogP contribution in [0.25, 0.3) is 99.5 Å². The Balaban J connectivity index is 1.06. The Morgan fingerprint density at radius 1 is 0.393 bits per heavy atom. The molecule has 0 N–H and O–H groups in total. The number of anilines is 3. The third-order valence-corrected chi connectivity index (χ3v) is 11.2. The molecule has 0 unspecified atom stereocenters. The molecule has 0 amide bonds. The Kier molecular flexibility index (Phi) is 6.56. The van der Waals surface area contributed by atoms with E-state index in [1.165, 1.54) is 44.0 Å². The summed E-state index contributed by atoms with van der Waals surface area (Å²) in [5.41, 5.74) is 10.2. The van der Waals surface area contributed by atoms with Gasteiger partial charge in [-0.05, 0) is 63.5 Å². The predicted molar refractivity (Wildman–Crippen MR) is 230 cm³/mol. The largest absolute Gasteiger partial charge is 0.455 e. The molecule has 0 radical (unpaired) electrons. The van der Waals surface area contributed by atoms with E-state index >= 15 is 0 Å². The topological polar surface area (TPSA) is 55.1 Å². The monoisotopic (exact) mass is 714 g/mol. The lowest BCUT2D eigenvalue weighted by Gasteiger charge is -2.34. The molecular formula is C51H30N4O. The van der Waals surface area contributed by atoms with Gasteiger partial charge in [0.15, 0.2) is 17.5 Å². The lowest BCUT2D eigenvalue weighted by molar-refractivity contribution is 0.669. The van der Waals surface area contributed by atoms with Gasteiger partial charge in [-0.15, -0.1) is 0 Å². The van der Waals surface area contributed by atoms with Crippen molar-refractivity contribution in [3.8, 4) is 45.3 Å². The Bertz CT molecular complexity index is 3380. The van der Waals surface area contributed by atoms with Crippen molar-refractivity contribution in [3.05, 3.63) is 182 Å². The van der Waals surface area contributed by atoms with Crippen LogP contribution in [0.1, 0.15) is 0 Å². The molecule has 56 heavy (non-hydrogen) atoms. The van der Waals surface area contributed by atoms with Gasteiger partial charge in [-0.25, -0.2) is 15.0 Å². The third kappa shape index (κ3) is 4.64. The van der Waals surface area contributed by atoms with Crippen molar-refractivity contribution in [2.24, 2.45) is 0 Å². The Morgan fingerprint density at radius 2 is 1.07 bits per heavy atom. The van der Waals surface area contributed by atoms with Crippen molar-refractivity contribution in [1.82, 2.24) is 15.0 Å². The van der Waals surface area contributed by atoms with E-state index in [0.29, 0.717) is 17.5 Å². The molecule has 12 rings (SSSR count). The van der Waals surface area contributed by atoms with Crippen LogP contribution in [0, 0.1) is 0 Å². The fourth-order valence-corrected chi connectivity index (χ4v) is 8.61. The molecule has 0 spiro atoms. The minimum Gasteiger partial charge on any atom is -0.455 e. The summed E-state index contributed by atoms with van der Waals surface area (Å²) in [5, 5.41) is 9.25. The molecule has 9 aromatic carbocycles. The normalized spacial score (nSPS) is 12.2. The number of furan rings is 1. The van der Waals surface area contributed by atoms with Gasteiger partial charge in [0, 0.05) is 43.9 Å². The third-order valence-electron chi connectivity index (χ3n) is 11.2. The van der Waals surface area contributed by atoms with Crippen LogP contribution >= 0.6 is 0 Å². The van der Waals surface area contributed by atoms with Crippen LogP contribution < -0.4 is 4.90 Å². The molecular weight excluding hydrogens is 685 g/mol. The summed E-state index contributed by atoms with van der Waals surface area (Å²) in [6, 6.07) is 64.1. The summed E-state index contributed by atoms with van der Waals surface area (Å²) in [6.45, 7) is 0. The smallest absolute Gasteiger partial charge is 0.167 e. The first-order valence-electron chi connectivity index (χ1n) is 18.9. The molecule has 5 heteroatoms. The second-order valence-electron chi connectivity index (χ2n) is 14.4. The molecule has 0 saturated heterocycles. The van der Waals surface area contributed by atoms with Crippen LogP contribution in [0.4, 0.5) is 17.1 Å². The van der Waals surface area contributed by atoms with E-state index in [2.05, 4.69) is 126 Å². The van der Waals surface area contributed by atoms with E-state index in [0.717, 1.165) is 55.1 Å². The van der Waals surface area contributed by atoms with Crippen molar-refractivity contribution >= 4 is 71.3 Å². The number of hydrogen-bond donors (Lipinski definition) is 0. The molecule has 1 aliphatic heterocycles.